The van der Waals surface area contributed by atoms with Gasteiger partial charge < -0.3 is 14.8 Å². The number of hydrogen-bond acceptors (Lipinski definition) is 6. The van der Waals surface area contributed by atoms with Gasteiger partial charge in [-0.15, -0.1) is 0 Å². The summed E-state index contributed by atoms with van der Waals surface area (Å²) >= 11 is 0. The number of nitrogens with zero attached hydrogens (tertiary/aromatic N) is 1. The fourth-order valence-electron chi connectivity index (χ4n) is 3.62. The van der Waals surface area contributed by atoms with Gasteiger partial charge in [-0.3, -0.25) is 10.2 Å². The van der Waals surface area contributed by atoms with Crippen molar-refractivity contribution < 1.29 is 18.7 Å². The monoisotopic (exact) mass is 386 g/mol. The van der Waals surface area contributed by atoms with E-state index >= 15 is 0 Å². The van der Waals surface area contributed by atoms with Crippen LogP contribution in [-0.2, 0) is 9.53 Å². The van der Waals surface area contributed by atoms with E-state index in [1.807, 2.05) is 12.1 Å². The predicted molar refractivity (Wildman–Crippen MR) is 99.8 cm³/mol. The number of benzene rings is 1. The Morgan fingerprint density at radius 1 is 1.25 bits per heavy atom. The first-order chi connectivity index (χ1) is 13.7. The van der Waals surface area contributed by atoms with Crippen LogP contribution >= 0.6 is 0 Å². The molecule has 7 nitrogen and oxygen atoms in total. The minimum absolute atomic E-state index is 0.146. The average Bonchev–Trinajstić information content (AvgIpc) is 3.20. The smallest absolute Gasteiger partial charge is 0.226 e. The molecule has 2 fully saturated rings. The summed E-state index contributed by atoms with van der Waals surface area (Å²) in [4.78, 5) is 17.2. The summed E-state index contributed by atoms with van der Waals surface area (Å²) in [6.07, 6.45) is 1.96. The number of pyridine rings is 1. The maximum Gasteiger partial charge on any atom is 0.226 e. The molecule has 2 saturated heterocycles. The standard InChI is InChI=1S/C20H23FN4O3/c21-15-6-2-1-5-13(15)19-14(11-23-25-19)20(26)24-16-8-10-27-12-17(16)28-18-7-3-4-9-22-18/h1-7,9,14,16-17,19,23,25H,8,10-12H2,(H,24,26)/t14?,16-,17-,19?/m1/s1. The van der Waals surface area contributed by atoms with Crippen LogP contribution in [0, 0.1) is 11.7 Å². The highest BCUT2D eigenvalue weighted by molar-refractivity contribution is 5.80. The zero-order valence-electron chi connectivity index (χ0n) is 15.3. The molecule has 2 aliphatic heterocycles. The fourth-order valence-corrected chi connectivity index (χ4v) is 3.62. The molecule has 1 aromatic heterocycles. The van der Waals surface area contributed by atoms with Gasteiger partial charge >= 0.3 is 0 Å². The van der Waals surface area contributed by atoms with Crippen LogP contribution < -0.4 is 20.9 Å². The number of nitrogens with one attached hydrogen (secondary N) is 3. The van der Waals surface area contributed by atoms with Gasteiger partial charge in [-0.2, -0.15) is 0 Å². The third-order valence-corrected chi connectivity index (χ3v) is 5.10. The molecular weight excluding hydrogens is 363 g/mol. The maximum absolute atomic E-state index is 14.2. The van der Waals surface area contributed by atoms with E-state index < -0.39 is 12.0 Å². The molecule has 0 aliphatic carbocycles. The van der Waals surface area contributed by atoms with E-state index in [1.165, 1.54) is 6.07 Å². The molecule has 2 unspecified atom stereocenters. The largest absolute Gasteiger partial charge is 0.470 e. The molecule has 4 rings (SSSR count). The van der Waals surface area contributed by atoms with Crippen molar-refractivity contribution in [2.45, 2.75) is 24.6 Å². The average molecular weight is 386 g/mol. The van der Waals surface area contributed by atoms with Gasteiger partial charge in [0.1, 0.15) is 11.9 Å². The van der Waals surface area contributed by atoms with E-state index in [2.05, 4.69) is 21.2 Å². The van der Waals surface area contributed by atoms with Crippen molar-refractivity contribution in [3.63, 3.8) is 0 Å². The van der Waals surface area contributed by atoms with Gasteiger partial charge in [-0.25, -0.2) is 14.8 Å². The number of carbonyl (C=O) groups is 1. The van der Waals surface area contributed by atoms with Gasteiger partial charge in [-0.05, 0) is 18.6 Å². The highest BCUT2D eigenvalue weighted by atomic mass is 19.1. The first-order valence-electron chi connectivity index (χ1n) is 9.41. The van der Waals surface area contributed by atoms with Crippen LogP contribution in [-0.4, -0.2) is 42.8 Å². The molecule has 1 aromatic carbocycles. The topological polar surface area (TPSA) is 84.5 Å². The van der Waals surface area contributed by atoms with E-state index in [9.17, 15) is 9.18 Å². The van der Waals surface area contributed by atoms with Crippen molar-refractivity contribution in [1.82, 2.24) is 21.2 Å². The van der Waals surface area contributed by atoms with Crippen molar-refractivity contribution in [1.29, 1.82) is 0 Å². The third kappa shape index (κ3) is 4.14. The van der Waals surface area contributed by atoms with Crippen LogP contribution in [0.15, 0.2) is 48.7 Å². The van der Waals surface area contributed by atoms with Crippen LogP contribution in [0.1, 0.15) is 18.0 Å². The molecule has 2 aliphatic rings. The summed E-state index contributed by atoms with van der Waals surface area (Å²) in [6, 6.07) is 11.3. The molecule has 0 saturated carbocycles. The van der Waals surface area contributed by atoms with E-state index in [0.717, 1.165) is 0 Å². The van der Waals surface area contributed by atoms with Gasteiger partial charge in [-0.1, -0.05) is 24.3 Å². The second-order valence-corrected chi connectivity index (χ2v) is 6.93. The Hall–Kier alpha value is -2.55. The molecule has 28 heavy (non-hydrogen) atoms. The van der Waals surface area contributed by atoms with Crippen molar-refractivity contribution in [2.24, 2.45) is 5.92 Å². The number of carbonyl (C=O) groups excluding carboxylic acids is 1. The molecule has 3 N–H and O–H groups in total. The van der Waals surface area contributed by atoms with Gasteiger partial charge in [0.05, 0.1) is 24.6 Å². The molecule has 3 heterocycles. The lowest BCUT2D eigenvalue weighted by molar-refractivity contribution is -0.127. The Balaban J connectivity index is 1.44. The van der Waals surface area contributed by atoms with Crippen LogP contribution in [0.5, 0.6) is 5.88 Å². The van der Waals surface area contributed by atoms with Crippen molar-refractivity contribution in [3.8, 4) is 5.88 Å². The quantitative estimate of drug-likeness (QED) is 0.719. The summed E-state index contributed by atoms with van der Waals surface area (Å²) in [5, 5.41) is 3.08. The molecule has 8 heteroatoms. The zero-order valence-corrected chi connectivity index (χ0v) is 15.3. The van der Waals surface area contributed by atoms with Crippen molar-refractivity contribution in [3.05, 3.63) is 60.0 Å². The predicted octanol–water partition coefficient (Wildman–Crippen LogP) is 1.34. The van der Waals surface area contributed by atoms with E-state index in [0.29, 0.717) is 37.6 Å². The van der Waals surface area contributed by atoms with Gasteiger partial charge in [0.15, 0.2) is 0 Å². The minimum Gasteiger partial charge on any atom is -0.470 e. The number of amides is 1. The van der Waals surface area contributed by atoms with Gasteiger partial charge in [0.2, 0.25) is 11.8 Å². The van der Waals surface area contributed by atoms with E-state index in [1.54, 1.807) is 30.5 Å². The van der Waals surface area contributed by atoms with E-state index in [4.69, 9.17) is 9.47 Å². The number of aromatic nitrogens is 1. The van der Waals surface area contributed by atoms with Crippen molar-refractivity contribution >= 4 is 5.91 Å². The summed E-state index contributed by atoms with van der Waals surface area (Å²) in [7, 11) is 0. The van der Waals surface area contributed by atoms with E-state index in [-0.39, 0.29) is 23.9 Å². The molecule has 148 valence electrons. The Morgan fingerprint density at radius 3 is 2.93 bits per heavy atom. The summed E-state index contributed by atoms with van der Waals surface area (Å²) in [5.74, 6) is -0.419. The fraction of sp³-hybridized carbons (Fsp3) is 0.400. The van der Waals surface area contributed by atoms with Crippen LogP contribution in [0.4, 0.5) is 4.39 Å². The Kier molecular flexibility index (Phi) is 5.80. The number of ether oxygens (including phenoxy) is 2. The molecular formula is C20H23FN4O3. The molecule has 4 atom stereocenters. The zero-order chi connectivity index (χ0) is 19.3. The highest BCUT2D eigenvalue weighted by Crippen LogP contribution is 2.27. The van der Waals surface area contributed by atoms with Crippen LogP contribution in [0.3, 0.4) is 0 Å². The lowest BCUT2D eigenvalue weighted by Gasteiger charge is -2.33. The number of hydrazine groups is 1. The summed E-state index contributed by atoms with van der Waals surface area (Å²) < 4.78 is 25.6. The number of halogens is 1. The van der Waals surface area contributed by atoms with Crippen LogP contribution in [0.25, 0.3) is 0 Å². The first-order valence-corrected chi connectivity index (χ1v) is 9.41. The van der Waals surface area contributed by atoms with Gasteiger partial charge in [0.25, 0.3) is 0 Å². The second-order valence-electron chi connectivity index (χ2n) is 6.93. The molecule has 2 aromatic rings. The Labute approximate surface area is 162 Å². The highest BCUT2D eigenvalue weighted by Gasteiger charge is 2.38. The molecule has 1 amide bonds. The summed E-state index contributed by atoms with van der Waals surface area (Å²) in [6.45, 7) is 1.34. The normalized spacial score (nSPS) is 27.3. The number of rotatable bonds is 5. The lowest BCUT2D eigenvalue weighted by Crippen LogP contribution is -2.53. The second kappa shape index (κ2) is 8.64. The maximum atomic E-state index is 14.2. The Bertz CT molecular complexity index is 807. The Morgan fingerprint density at radius 2 is 2.11 bits per heavy atom. The molecule has 0 radical (unpaired) electrons. The SMILES string of the molecule is O=C(N[C@@H]1CCOC[C@H]1Oc1ccccn1)C1CNNC1c1ccccc1F. The summed E-state index contributed by atoms with van der Waals surface area (Å²) in [5.41, 5.74) is 6.46. The third-order valence-electron chi connectivity index (χ3n) is 5.10. The molecule has 0 bridgehead atoms. The van der Waals surface area contributed by atoms with Crippen molar-refractivity contribution in [2.75, 3.05) is 19.8 Å². The minimum atomic E-state index is -0.435. The number of hydrogen-bond donors (Lipinski definition) is 3. The molecule has 0 spiro atoms. The first kappa shape index (κ1) is 18.8. The lowest BCUT2D eigenvalue weighted by atomic mass is 9.93. The van der Waals surface area contributed by atoms with Crippen LogP contribution in [0.2, 0.25) is 0 Å². The van der Waals surface area contributed by atoms with Gasteiger partial charge in [0, 0.05) is 31.0 Å².